The zero-order chi connectivity index (χ0) is 11.1. The Morgan fingerprint density at radius 1 is 1.67 bits per heavy atom. The molecule has 1 saturated heterocycles. The fourth-order valence-corrected chi connectivity index (χ4v) is 1.51. The van der Waals surface area contributed by atoms with E-state index in [0.29, 0.717) is 26.2 Å². The highest BCUT2D eigenvalue weighted by molar-refractivity contribution is 5.67. The molecule has 0 aromatic heterocycles. The number of nitrogens with zero attached hydrogens (tertiary/aromatic N) is 1. The van der Waals surface area contributed by atoms with Crippen molar-refractivity contribution in [2.45, 2.75) is 25.8 Å². The molecular weight excluding hydrogens is 196 g/mol. The molecule has 0 aromatic rings. The van der Waals surface area contributed by atoms with Crippen molar-refractivity contribution in [2.75, 3.05) is 32.8 Å². The van der Waals surface area contributed by atoms with Crippen LogP contribution in [0.5, 0.6) is 0 Å². The SMILES string of the molecule is CCCCOC(=O)N1CCN[C@@H](CO)C1. The number of ether oxygens (including phenoxy) is 1. The molecule has 0 spiro atoms. The summed E-state index contributed by atoms with van der Waals surface area (Å²) >= 11 is 0. The van der Waals surface area contributed by atoms with Gasteiger partial charge in [0, 0.05) is 25.7 Å². The Morgan fingerprint density at radius 3 is 3.13 bits per heavy atom. The number of unbranched alkanes of at least 4 members (excludes halogenated alkanes) is 1. The first-order chi connectivity index (χ1) is 7.27. The number of piperazine rings is 1. The molecular formula is C10H20N2O3. The van der Waals surface area contributed by atoms with E-state index in [1.165, 1.54) is 0 Å². The lowest BCUT2D eigenvalue weighted by Gasteiger charge is -2.31. The van der Waals surface area contributed by atoms with Gasteiger partial charge >= 0.3 is 6.09 Å². The molecule has 2 N–H and O–H groups in total. The average molecular weight is 216 g/mol. The van der Waals surface area contributed by atoms with Gasteiger partial charge in [-0.05, 0) is 6.42 Å². The summed E-state index contributed by atoms with van der Waals surface area (Å²) in [5.41, 5.74) is 0. The normalized spacial score (nSPS) is 21.5. The van der Waals surface area contributed by atoms with Crippen LogP contribution in [0.3, 0.4) is 0 Å². The van der Waals surface area contributed by atoms with Crippen molar-refractivity contribution < 1.29 is 14.6 Å². The number of hydrogen-bond donors (Lipinski definition) is 2. The molecule has 0 saturated carbocycles. The van der Waals surface area contributed by atoms with E-state index < -0.39 is 0 Å². The summed E-state index contributed by atoms with van der Waals surface area (Å²) in [7, 11) is 0. The summed E-state index contributed by atoms with van der Waals surface area (Å²) in [4.78, 5) is 13.2. The minimum absolute atomic E-state index is 0.0162. The van der Waals surface area contributed by atoms with Crippen LogP contribution in [0.1, 0.15) is 19.8 Å². The monoisotopic (exact) mass is 216 g/mol. The topological polar surface area (TPSA) is 61.8 Å². The van der Waals surface area contributed by atoms with Crippen LogP contribution < -0.4 is 5.32 Å². The highest BCUT2D eigenvalue weighted by Gasteiger charge is 2.23. The summed E-state index contributed by atoms with van der Waals surface area (Å²) < 4.78 is 5.09. The minimum Gasteiger partial charge on any atom is -0.449 e. The Hall–Kier alpha value is -0.810. The van der Waals surface area contributed by atoms with Crippen molar-refractivity contribution in [3.05, 3.63) is 0 Å². The van der Waals surface area contributed by atoms with Crippen molar-refractivity contribution in [3.8, 4) is 0 Å². The maximum atomic E-state index is 11.5. The zero-order valence-electron chi connectivity index (χ0n) is 9.24. The van der Waals surface area contributed by atoms with Crippen LogP contribution in [0.4, 0.5) is 4.79 Å². The van der Waals surface area contributed by atoms with E-state index in [2.05, 4.69) is 12.2 Å². The number of nitrogens with one attached hydrogen (secondary N) is 1. The Bertz CT molecular complexity index is 199. The van der Waals surface area contributed by atoms with E-state index in [1.54, 1.807) is 4.90 Å². The number of carbonyl (C=O) groups is 1. The van der Waals surface area contributed by atoms with Gasteiger partial charge in [-0.15, -0.1) is 0 Å². The molecule has 5 heteroatoms. The summed E-state index contributed by atoms with van der Waals surface area (Å²) in [5, 5.41) is 12.1. The Labute approximate surface area is 90.4 Å². The molecule has 88 valence electrons. The first kappa shape index (κ1) is 12.3. The minimum atomic E-state index is -0.261. The first-order valence-corrected chi connectivity index (χ1v) is 5.54. The molecule has 1 amide bonds. The molecule has 5 nitrogen and oxygen atoms in total. The van der Waals surface area contributed by atoms with Crippen LogP contribution in [0.15, 0.2) is 0 Å². The predicted octanol–water partition coefficient (Wildman–Crippen LogP) is 0.189. The summed E-state index contributed by atoms with van der Waals surface area (Å²) in [5.74, 6) is 0. The molecule has 1 aliphatic rings. The lowest BCUT2D eigenvalue weighted by molar-refractivity contribution is 0.0821. The lowest BCUT2D eigenvalue weighted by Crippen LogP contribution is -2.54. The molecule has 1 aliphatic heterocycles. The smallest absolute Gasteiger partial charge is 0.409 e. The van der Waals surface area contributed by atoms with Crippen molar-refractivity contribution in [1.29, 1.82) is 0 Å². The van der Waals surface area contributed by atoms with E-state index in [-0.39, 0.29) is 18.7 Å². The van der Waals surface area contributed by atoms with Crippen LogP contribution in [0.2, 0.25) is 0 Å². The van der Waals surface area contributed by atoms with Crippen LogP contribution in [0.25, 0.3) is 0 Å². The molecule has 1 fully saturated rings. The van der Waals surface area contributed by atoms with Crippen molar-refractivity contribution >= 4 is 6.09 Å². The van der Waals surface area contributed by atoms with Crippen molar-refractivity contribution in [3.63, 3.8) is 0 Å². The fraction of sp³-hybridized carbons (Fsp3) is 0.900. The third-order valence-electron chi connectivity index (χ3n) is 2.46. The molecule has 1 rings (SSSR count). The lowest BCUT2D eigenvalue weighted by atomic mass is 10.2. The van der Waals surface area contributed by atoms with E-state index in [9.17, 15) is 4.79 Å². The second-order valence-corrected chi connectivity index (χ2v) is 3.75. The summed E-state index contributed by atoms with van der Waals surface area (Å²) in [6.07, 6.45) is 1.67. The largest absolute Gasteiger partial charge is 0.449 e. The molecule has 0 aromatic carbocycles. The molecule has 0 aliphatic carbocycles. The zero-order valence-corrected chi connectivity index (χ0v) is 9.24. The average Bonchev–Trinajstić information content (AvgIpc) is 2.29. The molecule has 0 radical (unpaired) electrons. The molecule has 15 heavy (non-hydrogen) atoms. The number of aliphatic hydroxyl groups excluding tert-OH is 1. The van der Waals surface area contributed by atoms with Gasteiger partial charge in [0.15, 0.2) is 0 Å². The molecule has 0 unspecified atom stereocenters. The van der Waals surface area contributed by atoms with Gasteiger partial charge in [0.2, 0.25) is 0 Å². The molecule has 1 heterocycles. The van der Waals surface area contributed by atoms with E-state index >= 15 is 0 Å². The van der Waals surface area contributed by atoms with Gasteiger partial charge < -0.3 is 20.1 Å². The highest BCUT2D eigenvalue weighted by atomic mass is 16.6. The first-order valence-electron chi connectivity index (χ1n) is 5.54. The number of hydrogen-bond acceptors (Lipinski definition) is 4. The van der Waals surface area contributed by atoms with E-state index in [1.807, 2.05) is 0 Å². The van der Waals surface area contributed by atoms with E-state index in [4.69, 9.17) is 9.84 Å². The summed E-state index contributed by atoms with van der Waals surface area (Å²) in [6.45, 7) is 4.50. The van der Waals surface area contributed by atoms with Crippen LogP contribution in [-0.4, -0.2) is 55.0 Å². The van der Waals surface area contributed by atoms with Crippen molar-refractivity contribution in [1.82, 2.24) is 10.2 Å². The maximum Gasteiger partial charge on any atom is 0.409 e. The van der Waals surface area contributed by atoms with Gasteiger partial charge in [0.1, 0.15) is 0 Å². The Kier molecular flexibility index (Phi) is 5.42. The number of rotatable bonds is 4. The predicted molar refractivity (Wildman–Crippen MR) is 56.7 cm³/mol. The number of carbonyl (C=O) groups excluding carboxylic acids is 1. The third-order valence-corrected chi connectivity index (χ3v) is 2.46. The second kappa shape index (κ2) is 6.63. The van der Waals surface area contributed by atoms with Gasteiger partial charge in [-0.3, -0.25) is 0 Å². The van der Waals surface area contributed by atoms with Crippen LogP contribution >= 0.6 is 0 Å². The van der Waals surface area contributed by atoms with Gasteiger partial charge in [-0.2, -0.15) is 0 Å². The molecule has 0 bridgehead atoms. The van der Waals surface area contributed by atoms with Crippen LogP contribution in [-0.2, 0) is 4.74 Å². The number of amides is 1. The third kappa shape index (κ3) is 4.05. The standard InChI is InChI=1S/C10H20N2O3/c1-2-3-6-15-10(14)12-5-4-11-9(7-12)8-13/h9,11,13H,2-8H2,1H3/t9-/m1/s1. The number of aliphatic hydroxyl groups is 1. The Morgan fingerprint density at radius 2 is 2.47 bits per heavy atom. The quantitative estimate of drug-likeness (QED) is 0.659. The van der Waals surface area contributed by atoms with Gasteiger partial charge in [0.05, 0.1) is 13.2 Å². The fourth-order valence-electron chi connectivity index (χ4n) is 1.51. The molecule has 1 atom stereocenters. The van der Waals surface area contributed by atoms with Gasteiger partial charge in [-0.25, -0.2) is 4.79 Å². The van der Waals surface area contributed by atoms with Gasteiger partial charge in [-0.1, -0.05) is 13.3 Å². The Balaban J connectivity index is 2.25. The van der Waals surface area contributed by atoms with Crippen LogP contribution in [0, 0.1) is 0 Å². The van der Waals surface area contributed by atoms with Crippen molar-refractivity contribution in [2.24, 2.45) is 0 Å². The summed E-state index contributed by atoms with van der Waals surface area (Å²) in [6, 6.07) is -0.0162. The van der Waals surface area contributed by atoms with E-state index in [0.717, 1.165) is 12.8 Å². The highest BCUT2D eigenvalue weighted by Crippen LogP contribution is 2.02. The second-order valence-electron chi connectivity index (χ2n) is 3.75. The maximum absolute atomic E-state index is 11.5. The van der Waals surface area contributed by atoms with Gasteiger partial charge in [0.25, 0.3) is 0 Å².